The number of hydrogen-bond donors (Lipinski definition) is 1. The molecule has 0 atom stereocenters. The second-order valence-corrected chi connectivity index (χ2v) is 4.19. The van der Waals surface area contributed by atoms with Crippen molar-refractivity contribution < 1.29 is 14.6 Å². The summed E-state index contributed by atoms with van der Waals surface area (Å²) in [5.41, 5.74) is 0. The van der Waals surface area contributed by atoms with Crippen LogP contribution in [0.5, 0.6) is 11.5 Å². The maximum Gasteiger partial charge on any atom is 0.122 e. The Morgan fingerprint density at radius 3 is 2.88 bits per heavy atom. The van der Waals surface area contributed by atoms with E-state index in [9.17, 15) is 5.11 Å². The molecule has 1 aliphatic heterocycles. The number of benzene rings is 1. The van der Waals surface area contributed by atoms with Gasteiger partial charge in [0.1, 0.15) is 11.5 Å². The summed E-state index contributed by atoms with van der Waals surface area (Å²) >= 11 is 0. The van der Waals surface area contributed by atoms with Gasteiger partial charge < -0.3 is 14.6 Å². The summed E-state index contributed by atoms with van der Waals surface area (Å²) < 4.78 is 10.9. The van der Waals surface area contributed by atoms with Crippen molar-refractivity contribution in [3.05, 3.63) is 24.3 Å². The molecular weight excluding hydrogens is 204 g/mol. The lowest BCUT2D eigenvalue weighted by atomic mass is 9.97. The van der Waals surface area contributed by atoms with Crippen LogP contribution in [0, 0.1) is 5.92 Å². The van der Waals surface area contributed by atoms with E-state index in [1.165, 1.54) is 0 Å². The fourth-order valence-electron chi connectivity index (χ4n) is 1.95. The number of hydrogen-bond acceptors (Lipinski definition) is 3. The summed E-state index contributed by atoms with van der Waals surface area (Å²) in [7, 11) is 0. The van der Waals surface area contributed by atoms with Gasteiger partial charge in [-0.25, -0.2) is 0 Å². The first-order chi connectivity index (χ1) is 7.84. The van der Waals surface area contributed by atoms with E-state index >= 15 is 0 Å². The van der Waals surface area contributed by atoms with Gasteiger partial charge in [0.25, 0.3) is 0 Å². The molecule has 0 bridgehead atoms. The molecule has 0 unspecified atom stereocenters. The Hall–Kier alpha value is -1.22. The summed E-state index contributed by atoms with van der Waals surface area (Å²) in [6.45, 7) is 2.49. The second kappa shape index (κ2) is 5.75. The lowest BCUT2D eigenvalue weighted by Gasteiger charge is -2.21. The van der Waals surface area contributed by atoms with E-state index < -0.39 is 0 Å². The smallest absolute Gasteiger partial charge is 0.122 e. The first-order valence-corrected chi connectivity index (χ1v) is 5.84. The maximum absolute atomic E-state index is 9.26. The highest BCUT2D eigenvalue weighted by Crippen LogP contribution is 2.21. The van der Waals surface area contributed by atoms with Crippen LogP contribution in [0.15, 0.2) is 24.3 Å². The molecule has 1 aromatic carbocycles. The Balaban J connectivity index is 1.71. The van der Waals surface area contributed by atoms with Gasteiger partial charge in [0.05, 0.1) is 6.61 Å². The largest absolute Gasteiger partial charge is 0.508 e. The second-order valence-electron chi connectivity index (χ2n) is 4.19. The van der Waals surface area contributed by atoms with Crippen molar-refractivity contribution >= 4 is 0 Å². The summed E-state index contributed by atoms with van der Waals surface area (Å²) in [6.07, 6.45) is 3.35. The molecule has 2 rings (SSSR count). The molecule has 0 amide bonds. The molecule has 1 aliphatic rings. The molecule has 1 heterocycles. The lowest BCUT2D eigenvalue weighted by Crippen LogP contribution is -2.17. The van der Waals surface area contributed by atoms with E-state index in [0.29, 0.717) is 6.61 Å². The van der Waals surface area contributed by atoms with Crippen molar-refractivity contribution in [1.82, 2.24) is 0 Å². The summed E-state index contributed by atoms with van der Waals surface area (Å²) in [4.78, 5) is 0. The fourth-order valence-corrected chi connectivity index (χ4v) is 1.95. The summed E-state index contributed by atoms with van der Waals surface area (Å²) in [5.74, 6) is 1.72. The van der Waals surface area contributed by atoms with Crippen LogP contribution in [-0.4, -0.2) is 24.9 Å². The normalized spacial score (nSPS) is 17.2. The third-order valence-electron chi connectivity index (χ3n) is 2.95. The van der Waals surface area contributed by atoms with Crippen molar-refractivity contribution in [2.75, 3.05) is 19.8 Å². The predicted molar refractivity (Wildman–Crippen MR) is 61.8 cm³/mol. The molecule has 1 aromatic rings. The average Bonchev–Trinajstić information content (AvgIpc) is 2.30. The molecule has 1 N–H and O–H groups in total. The van der Waals surface area contributed by atoms with E-state index in [-0.39, 0.29) is 5.75 Å². The van der Waals surface area contributed by atoms with Crippen LogP contribution in [0.3, 0.4) is 0 Å². The van der Waals surface area contributed by atoms with Crippen LogP contribution >= 0.6 is 0 Å². The number of rotatable bonds is 4. The monoisotopic (exact) mass is 222 g/mol. The molecule has 0 spiro atoms. The van der Waals surface area contributed by atoms with Gasteiger partial charge in [0, 0.05) is 19.3 Å². The van der Waals surface area contributed by atoms with E-state index in [0.717, 1.165) is 44.1 Å². The third kappa shape index (κ3) is 3.42. The quantitative estimate of drug-likeness (QED) is 0.851. The van der Waals surface area contributed by atoms with Gasteiger partial charge in [-0.15, -0.1) is 0 Å². The van der Waals surface area contributed by atoms with E-state index in [1.807, 2.05) is 6.07 Å². The summed E-state index contributed by atoms with van der Waals surface area (Å²) in [5, 5.41) is 9.26. The standard InChI is InChI=1S/C13H18O3/c14-12-2-1-3-13(10-12)16-9-6-11-4-7-15-8-5-11/h1-3,10-11,14H,4-9H2. The maximum atomic E-state index is 9.26. The fraction of sp³-hybridized carbons (Fsp3) is 0.538. The average molecular weight is 222 g/mol. The molecule has 0 aromatic heterocycles. The predicted octanol–water partition coefficient (Wildman–Crippen LogP) is 2.59. The van der Waals surface area contributed by atoms with E-state index in [4.69, 9.17) is 9.47 Å². The molecule has 0 saturated carbocycles. The first-order valence-electron chi connectivity index (χ1n) is 5.84. The minimum absolute atomic E-state index is 0.253. The highest BCUT2D eigenvalue weighted by Gasteiger charge is 2.13. The molecule has 16 heavy (non-hydrogen) atoms. The van der Waals surface area contributed by atoms with Crippen molar-refractivity contribution in [2.24, 2.45) is 5.92 Å². The Morgan fingerprint density at radius 2 is 2.12 bits per heavy atom. The SMILES string of the molecule is Oc1cccc(OCCC2CCOCC2)c1. The van der Waals surface area contributed by atoms with Gasteiger partial charge in [0.2, 0.25) is 0 Å². The van der Waals surface area contributed by atoms with Crippen LogP contribution < -0.4 is 4.74 Å². The Kier molecular flexibility index (Phi) is 4.05. The molecule has 1 fully saturated rings. The molecule has 88 valence electrons. The van der Waals surface area contributed by atoms with Crippen molar-refractivity contribution in [3.8, 4) is 11.5 Å². The lowest BCUT2D eigenvalue weighted by molar-refractivity contribution is 0.0593. The van der Waals surface area contributed by atoms with Crippen molar-refractivity contribution in [2.45, 2.75) is 19.3 Å². The highest BCUT2D eigenvalue weighted by atomic mass is 16.5. The first kappa shape index (κ1) is 11.3. The minimum Gasteiger partial charge on any atom is -0.508 e. The molecule has 0 radical (unpaired) electrons. The number of ether oxygens (including phenoxy) is 2. The molecular formula is C13H18O3. The van der Waals surface area contributed by atoms with Gasteiger partial charge in [-0.1, -0.05) is 6.07 Å². The van der Waals surface area contributed by atoms with Gasteiger partial charge in [-0.2, -0.15) is 0 Å². The Morgan fingerprint density at radius 1 is 1.31 bits per heavy atom. The van der Waals surface area contributed by atoms with E-state index in [2.05, 4.69) is 0 Å². The third-order valence-corrected chi connectivity index (χ3v) is 2.95. The van der Waals surface area contributed by atoms with Crippen LogP contribution in [0.4, 0.5) is 0 Å². The Bertz CT molecular complexity index is 319. The van der Waals surface area contributed by atoms with Gasteiger partial charge in [-0.05, 0) is 37.3 Å². The number of phenolic OH excluding ortho intramolecular Hbond substituents is 1. The van der Waals surface area contributed by atoms with Gasteiger partial charge in [-0.3, -0.25) is 0 Å². The van der Waals surface area contributed by atoms with Crippen LogP contribution in [0.2, 0.25) is 0 Å². The molecule has 0 aliphatic carbocycles. The number of phenols is 1. The topological polar surface area (TPSA) is 38.7 Å². The molecule has 1 saturated heterocycles. The zero-order valence-corrected chi connectivity index (χ0v) is 9.39. The number of aromatic hydroxyl groups is 1. The van der Waals surface area contributed by atoms with E-state index in [1.54, 1.807) is 18.2 Å². The zero-order valence-electron chi connectivity index (χ0n) is 9.39. The van der Waals surface area contributed by atoms with Crippen molar-refractivity contribution in [1.29, 1.82) is 0 Å². The highest BCUT2D eigenvalue weighted by molar-refractivity contribution is 5.31. The summed E-state index contributed by atoms with van der Waals surface area (Å²) in [6, 6.07) is 6.94. The van der Waals surface area contributed by atoms with Crippen LogP contribution in [-0.2, 0) is 4.74 Å². The van der Waals surface area contributed by atoms with Gasteiger partial charge >= 0.3 is 0 Å². The minimum atomic E-state index is 0.253. The van der Waals surface area contributed by atoms with Gasteiger partial charge in [0.15, 0.2) is 0 Å². The Labute approximate surface area is 96.0 Å². The molecule has 3 heteroatoms. The zero-order chi connectivity index (χ0) is 11.2. The van der Waals surface area contributed by atoms with Crippen LogP contribution in [0.25, 0.3) is 0 Å². The van der Waals surface area contributed by atoms with Crippen LogP contribution in [0.1, 0.15) is 19.3 Å². The molecule has 3 nitrogen and oxygen atoms in total. The van der Waals surface area contributed by atoms with Crippen molar-refractivity contribution in [3.63, 3.8) is 0 Å².